The van der Waals surface area contributed by atoms with Crippen LogP contribution in [0.15, 0.2) is 43.0 Å². The quantitative estimate of drug-likeness (QED) is 0.588. The molecule has 0 atom stereocenters. The average molecular weight is 274 g/mol. The summed E-state index contributed by atoms with van der Waals surface area (Å²) >= 11 is 0. The van der Waals surface area contributed by atoms with E-state index in [2.05, 4.69) is 18.7 Å². The van der Waals surface area contributed by atoms with Crippen LogP contribution in [-0.2, 0) is 16.0 Å². The summed E-state index contributed by atoms with van der Waals surface area (Å²) in [6, 6.07) is 10.3. The smallest absolute Gasteiger partial charge is 0.305 e. The maximum Gasteiger partial charge on any atom is 0.305 e. The van der Waals surface area contributed by atoms with Crippen LogP contribution in [0.5, 0.6) is 0 Å². The molecule has 1 saturated carbocycles. The zero-order chi connectivity index (χ0) is 14.6. The van der Waals surface area contributed by atoms with Crippen molar-refractivity contribution in [3.8, 4) is 0 Å². The fourth-order valence-corrected chi connectivity index (χ4v) is 2.23. The van der Waals surface area contributed by atoms with Gasteiger partial charge in [-0.05, 0) is 37.7 Å². The molecule has 1 fully saturated rings. The van der Waals surface area contributed by atoms with E-state index in [0.29, 0.717) is 6.42 Å². The van der Waals surface area contributed by atoms with E-state index in [1.807, 2.05) is 31.2 Å². The van der Waals surface area contributed by atoms with Crippen molar-refractivity contribution < 1.29 is 9.53 Å². The number of ether oxygens (including phenoxy) is 1. The molecule has 0 amide bonds. The van der Waals surface area contributed by atoms with Gasteiger partial charge in [-0.1, -0.05) is 49.8 Å². The minimum absolute atomic E-state index is 0.0445. The zero-order valence-corrected chi connectivity index (χ0v) is 12.5. The van der Waals surface area contributed by atoms with Gasteiger partial charge in [0.1, 0.15) is 6.10 Å². The van der Waals surface area contributed by atoms with Gasteiger partial charge in [0.2, 0.25) is 0 Å². The highest BCUT2D eigenvalue weighted by atomic mass is 16.5. The van der Waals surface area contributed by atoms with Crippen LogP contribution in [0.25, 0.3) is 0 Å². The van der Waals surface area contributed by atoms with E-state index in [0.717, 1.165) is 19.3 Å². The molecule has 1 aromatic rings. The van der Waals surface area contributed by atoms with Gasteiger partial charge in [-0.3, -0.25) is 4.79 Å². The molecule has 1 aliphatic carbocycles. The number of rotatable bonds is 4. The first-order valence-electron chi connectivity index (χ1n) is 7.60. The Morgan fingerprint density at radius 2 is 1.90 bits per heavy atom. The maximum absolute atomic E-state index is 10.9. The summed E-state index contributed by atoms with van der Waals surface area (Å²) in [7, 11) is 0. The Hall–Kier alpha value is -1.57. The van der Waals surface area contributed by atoms with Crippen LogP contribution in [0.2, 0.25) is 0 Å². The van der Waals surface area contributed by atoms with Crippen LogP contribution in [0.4, 0.5) is 0 Å². The molecule has 0 N–H and O–H groups in total. The van der Waals surface area contributed by atoms with Gasteiger partial charge in [0, 0.05) is 6.42 Å². The third-order valence-electron chi connectivity index (χ3n) is 3.36. The molecule has 2 rings (SSSR count). The Labute approximate surface area is 122 Å². The van der Waals surface area contributed by atoms with Crippen LogP contribution in [0.1, 0.15) is 51.0 Å². The van der Waals surface area contributed by atoms with Crippen LogP contribution in [0, 0.1) is 0 Å². The Balaban J connectivity index is 0.000000204. The molecule has 0 saturated heterocycles. The highest BCUT2D eigenvalue weighted by Gasteiger charge is 2.16. The van der Waals surface area contributed by atoms with E-state index >= 15 is 0 Å². The average Bonchev–Trinajstić information content (AvgIpc) is 2.50. The van der Waals surface area contributed by atoms with E-state index < -0.39 is 0 Å². The summed E-state index contributed by atoms with van der Waals surface area (Å²) in [5.74, 6) is -0.0445. The molecule has 2 heteroatoms. The monoisotopic (exact) mass is 274 g/mol. The van der Waals surface area contributed by atoms with Gasteiger partial charge < -0.3 is 4.74 Å². The van der Waals surface area contributed by atoms with Gasteiger partial charge in [-0.15, -0.1) is 6.58 Å². The SMILES string of the molecule is C=CCc1ccccc1.CCC(=O)OC1CCCCC1. The summed E-state index contributed by atoms with van der Waals surface area (Å²) in [6.07, 6.45) is 9.53. The molecule has 2 nitrogen and oxygen atoms in total. The largest absolute Gasteiger partial charge is 0.462 e. The summed E-state index contributed by atoms with van der Waals surface area (Å²) < 4.78 is 5.20. The minimum atomic E-state index is -0.0445. The highest BCUT2D eigenvalue weighted by Crippen LogP contribution is 2.20. The lowest BCUT2D eigenvalue weighted by molar-refractivity contribution is -0.150. The Morgan fingerprint density at radius 1 is 1.25 bits per heavy atom. The van der Waals surface area contributed by atoms with E-state index in [-0.39, 0.29) is 12.1 Å². The predicted molar refractivity (Wildman–Crippen MR) is 83.6 cm³/mol. The fourth-order valence-electron chi connectivity index (χ4n) is 2.23. The van der Waals surface area contributed by atoms with Crippen LogP contribution in [0.3, 0.4) is 0 Å². The third kappa shape index (κ3) is 7.13. The minimum Gasteiger partial charge on any atom is -0.462 e. The molecule has 1 aliphatic rings. The zero-order valence-electron chi connectivity index (χ0n) is 12.5. The molecule has 1 aromatic carbocycles. The standard InChI is InChI=1S/C9H16O2.C9H10/c1-2-9(10)11-8-6-4-3-5-7-8;1-2-6-9-7-4-3-5-8-9/h8H,2-7H2,1H3;2-5,7-8H,1,6H2. The second-order valence-electron chi connectivity index (χ2n) is 5.08. The lowest BCUT2D eigenvalue weighted by Gasteiger charge is -2.21. The Bertz CT molecular complexity index is 378. The van der Waals surface area contributed by atoms with Crippen LogP contribution >= 0.6 is 0 Å². The van der Waals surface area contributed by atoms with Gasteiger partial charge in [-0.2, -0.15) is 0 Å². The van der Waals surface area contributed by atoms with Crippen LogP contribution in [-0.4, -0.2) is 12.1 Å². The topological polar surface area (TPSA) is 26.3 Å². The van der Waals surface area contributed by atoms with Crippen molar-refractivity contribution in [3.05, 3.63) is 48.6 Å². The summed E-state index contributed by atoms with van der Waals surface area (Å²) in [4.78, 5) is 10.9. The summed E-state index contributed by atoms with van der Waals surface area (Å²) in [5, 5.41) is 0. The number of esters is 1. The summed E-state index contributed by atoms with van der Waals surface area (Å²) in [5.41, 5.74) is 1.33. The lowest BCUT2D eigenvalue weighted by atomic mass is 9.98. The number of benzene rings is 1. The molecule has 20 heavy (non-hydrogen) atoms. The molecule has 0 heterocycles. The van der Waals surface area contributed by atoms with Crippen molar-refractivity contribution in [2.24, 2.45) is 0 Å². The Kier molecular flexibility index (Phi) is 8.44. The number of hydrogen-bond donors (Lipinski definition) is 0. The molecule has 0 radical (unpaired) electrons. The molecular weight excluding hydrogens is 248 g/mol. The van der Waals surface area contributed by atoms with E-state index in [9.17, 15) is 4.79 Å². The second kappa shape index (κ2) is 10.2. The Morgan fingerprint density at radius 3 is 2.45 bits per heavy atom. The molecule has 110 valence electrons. The molecule has 0 unspecified atom stereocenters. The van der Waals surface area contributed by atoms with Gasteiger partial charge >= 0.3 is 5.97 Å². The van der Waals surface area contributed by atoms with E-state index in [1.165, 1.54) is 24.8 Å². The number of carbonyl (C=O) groups excluding carboxylic acids is 1. The first kappa shape index (κ1) is 16.5. The van der Waals surface area contributed by atoms with Crippen molar-refractivity contribution in [1.82, 2.24) is 0 Å². The van der Waals surface area contributed by atoms with Crippen LogP contribution < -0.4 is 0 Å². The lowest BCUT2D eigenvalue weighted by Crippen LogP contribution is -2.20. The van der Waals surface area contributed by atoms with Gasteiger partial charge in [-0.25, -0.2) is 0 Å². The van der Waals surface area contributed by atoms with E-state index in [1.54, 1.807) is 0 Å². The first-order chi connectivity index (χ1) is 9.76. The summed E-state index contributed by atoms with van der Waals surface area (Å²) in [6.45, 7) is 5.49. The van der Waals surface area contributed by atoms with Crippen molar-refractivity contribution in [2.45, 2.75) is 58.0 Å². The number of hydrogen-bond acceptors (Lipinski definition) is 2. The number of carbonyl (C=O) groups is 1. The molecule has 0 bridgehead atoms. The van der Waals surface area contributed by atoms with Crippen molar-refractivity contribution in [3.63, 3.8) is 0 Å². The van der Waals surface area contributed by atoms with Crippen molar-refractivity contribution >= 4 is 5.97 Å². The highest BCUT2D eigenvalue weighted by molar-refractivity contribution is 5.69. The van der Waals surface area contributed by atoms with Gasteiger partial charge in [0.15, 0.2) is 0 Å². The second-order valence-corrected chi connectivity index (χ2v) is 5.08. The normalized spacial score (nSPS) is 14.8. The molecule has 0 spiro atoms. The maximum atomic E-state index is 10.9. The number of allylic oxidation sites excluding steroid dienone is 1. The molecular formula is C18H26O2. The van der Waals surface area contributed by atoms with E-state index in [4.69, 9.17) is 4.74 Å². The molecule has 0 aromatic heterocycles. The molecule has 0 aliphatic heterocycles. The fraction of sp³-hybridized carbons (Fsp3) is 0.500. The van der Waals surface area contributed by atoms with Crippen molar-refractivity contribution in [1.29, 1.82) is 0 Å². The third-order valence-corrected chi connectivity index (χ3v) is 3.36. The van der Waals surface area contributed by atoms with Gasteiger partial charge in [0.25, 0.3) is 0 Å². The first-order valence-corrected chi connectivity index (χ1v) is 7.60. The van der Waals surface area contributed by atoms with Crippen molar-refractivity contribution in [2.75, 3.05) is 0 Å². The van der Waals surface area contributed by atoms with Gasteiger partial charge in [0.05, 0.1) is 0 Å². The predicted octanol–water partition coefficient (Wildman–Crippen LogP) is 4.69.